The van der Waals surface area contributed by atoms with E-state index < -0.39 is 24.0 Å². The van der Waals surface area contributed by atoms with Crippen LogP contribution in [0.4, 0.5) is 4.79 Å². The third-order valence-electron chi connectivity index (χ3n) is 3.38. The van der Waals surface area contributed by atoms with Gasteiger partial charge in [0, 0.05) is 17.8 Å². The van der Waals surface area contributed by atoms with Gasteiger partial charge in [-0.1, -0.05) is 18.2 Å². The minimum Gasteiger partial charge on any atom is -0.448 e. The van der Waals surface area contributed by atoms with Crippen molar-refractivity contribution in [2.75, 3.05) is 13.1 Å². The first-order valence-corrected chi connectivity index (χ1v) is 7.66. The quantitative estimate of drug-likeness (QED) is 0.878. The van der Waals surface area contributed by atoms with Gasteiger partial charge in [-0.25, -0.2) is 9.59 Å². The molecule has 1 aliphatic heterocycles. The molecule has 1 saturated heterocycles. The molecular weight excluding hydrogens is 304 g/mol. The number of nitrogens with one attached hydrogen (secondary N) is 1. The van der Waals surface area contributed by atoms with Crippen molar-refractivity contribution in [3.63, 3.8) is 0 Å². The Morgan fingerprint density at radius 1 is 1.36 bits per heavy atom. The first-order valence-electron chi connectivity index (χ1n) is 6.85. The lowest BCUT2D eigenvalue weighted by molar-refractivity contribution is -0.135. The molecule has 0 aliphatic carbocycles. The van der Waals surface area contributed by atoms with Gasteiger partial charge in [0.15, 0.2) is 6.10 Å². The second kappa shape index (κ2) is 5.76. The van der Waals surface area contributed by atoms with Gasteiger partial charge in [-0.3, -0.25) is 9.69 Å². The van der Waals surface area contributed by atoms with Crippen LogP contribution in [-0.4, -0.2) is 42.0 Å². The van der Waals surface area contributed by atoms with Crippen molar-refractivity contribution in [3.8, 4) is 0 Å². The highest BCUT2D eigenvalue weighted by Gasteiger charge is 2.31. The predicted molar refractivity (Wildman–Crippen MR) is 81.8 cm³/mol. The molecule has 3 amide bonds. The maximum atomic E-state index is 12.1. The molecule has 1 aliphatic rings. The van der Waals surface area contributed by atoms with Crippen molar-refractivity contribution in [1.29, 1.82) is 0 Å². The standard InChI is InChI=1S/C15H14N2O4S/c1-9(13(18)17-7-6-16-15(17)20)21-14(19)12-8-10-4-2-3-5-11(10)22-12/h2-5,8-9H,6-7H2,1H3,(H,16,20)/t9-/m0/s1. The van der Waals surface area contributed by atoms with Crippen LogP contribution in [0.15, 0.2) is 30.3 Å². The van der Waals surface area contributed by atoms with Crippen LogP contribution in [0.5, 0.6) is 0 Å². The second-order valence-electron chi connectivity index (χ2n) is 4.92. The average molecular weight is 318 g/mol. The lowest BCUT2D eigenvalue weighted by Gasteiger charge is -2.17. The molecule has 0 unspecified atom stereocenters. The molecular formula is C15H14N2O4S. The van der Waals surface area contributed by atoms with Crippen LogP contribution in [0.3, 0.4) is 0 Å². The number of ether oxygens (including phenoxy) is 1. The van der Waals surface area contributed by atoms with Gasteiger partial charge in [0.2, 0.25) is 0 Å². The molecule has 3 rings (SSSR count). The fraction of sp³-hybridized carbons (Fsp3) is 0.267. The molecule has 0 spiro atoms. The molecule has 1 aromatic carbocycles. The van der Waals surface area contributed by atoms with E-state index in [1.165, 1.54) is 18.3 Å². The summed E-state index contributed by atoms with van der Waals surface area (Å²) in [4.78, 5) is 37.2. The third kappa shape index (κ3) is 2.67. The van der Waals surface area contributed by atoms with Crippen molar-refractivity contribution in [2.45, 2.75) is 13.0 Å². The van der Waals surface area contributed by atoms with E-state index in [0.29, 0.717) is 18.0 Å². The Hall–Kier alpha value is -2.41. The number of nitrogens with zero attached hydrogens (tertiary/aromatic N) is 1. The molecule has 1 N–H and O–H groups in total. The number of imide groups is 1. The van der Waals surface area contributed by atoms with Crippen LogP contribution in [-0.2, 0) is 9.53 Å². The van der Waals surface area contributed by atoms with Crippen LogP contribution < -0.4 is 5.32 Å². The molecule has 114 valence electrons. The summed E-state index contributed by atoms with van der Waals surface area (Å²) in [5.74, 6) is -1.06. The van der Waals surface area contributed by atoms with Crippen LogP contribution in [0, 0.1) is 0 Å². The summed E-state index contributed by atoms with van der Waals surface area (Å²) in [6.07, 6.45) is -0.999. The predicted octanol–water partition coefficient (Wildman–Crippen LogP) is 2.00. The van der Waals surface area contributed by atoms with E-state index in [9.17, 15) is 14.4 Å². The summed E-state index contributed by atoms with van der Waals surface area (Å²) < 4.78 is 6.17. The number of urea groups is 1. The Bertz CT molecular complexity index is 722. The molecule has 0 bridgehead atoms. The number of carbonyl (C=O) groups is 3. The first-order chi connectivity index (χ1) is 10.6. The fourth-order valence-corrected chi connectivity index (χ4v) is 3.20. The third-order valence-corrected chi connectivity index (χ3v) is 4.48. The highest BCUT2D eigenvalue weighted by molar-refractivity contribution is 7.20. The molecule has 1 atom stereocenters. The van der Waals surface area contributed by atoms with Crippen molar-refractivity contribution >= 4 is 39.3 Å². The second-order valence-corrected chi connectivity index (χ2v) is 6.00. The van der Waals surface area contributed by atoms with Crippen molar-refractivity contribution in [3.05, 3.63) is 35.2 Å². The van der Waals surface area contributed by atoms with Crippen molar-refractivity contribution < 1.29 is 19.1 Å². The number of rotatable bonds is 3. The molecule has 2 heterocycles. The van der Waals surface area contributed by atoms with Crippen LogP contribution in [0.25, 0.3) is 10.1 Å². The minimum atomic E-state index is -0.999. The Labute approximate surface area is 130 Å². The summed E-state index contributed by atoms with van der Waals surface area (Å²) in [6.45, 7) is 2.18. The summed E-state index contributed by atoms with van der Waals surface area (Å²) >= 11 is 1.31. The number of hydrogen-bond acceptors (Lipinski definition) is 5. The zero-order valence-electron chi connectivity index (χ0n) is 11.9. The Kier molecular flexibility index (Phi) is 3.81. The summed E-state index contributed by atoms with van der Waals surface area (Å²) in [5, 5.41) is 3.49. The molecule has 22 heavy (non-hydrogen) atoms. The van der Waals surface area contributed by atoms with E-state index in [1.54, 1.807) is 6.07 Å². The summed E-state index contributed by atoms with van der Waals surface area (Å²) in [7, 11) is 0. The van der Waals surface area contributed by atoms with Gasteiger partial charge in [-0.2, -0.15) is 0 Å². The molecule has 1 fully saturated rings. The van der Waals surface area contributed by atoms with Crippen molar-refractivity contribution in [1.82, 2.24) is 10.2 Å². The van der Waals surface area contributed by atoms with E-state index in [0.717, 1.165) is 15.0 Å². The Morgan fingerprint density at radius 3 is 2.82 bits per heavy atom. The maximum Gasteiger partial charge on any atom is 0.349 e. The van der Waals surface area contributed by atoms with Crippen LogP contribution in [0.1, 0.15) is 16.6 Å². The van der Waals surface area contributed by atoms with E-state index in [2.05, 4.69) is 5.32 Å². The maximum absolute atomic E-state index is 12.1. The minimum absolute atomic E-state index is 0.294. The Morgan fingerprint density at radius 2 is 2.14 bits per heavy atom. The first kappa shape index (κ1) is 14.5. The number of hydrogen-bond donors (Lipinski definition) is 1. The van der Waals surface area contributed by atoms with E-state index in [1.807, 2.05) is 24.3 Å². The average Bonchev–Trinajstić information content (AvgIpc) is 3.12. The summed E-state index contributed by atoms with van der Waals surface area (Å²) in [5.41, 5.74) is 0. The normalized spacial score (nSPS) is 15.7. The largest absolute Gasteiger partial charge is 0.448 e. The SMILES string of the molecule is C[C@H](OC(=O)c1cc2ccccc2s1)C(=O)N1CCNC1=O. The number of benzene rings is 1. The van der Waals surface area contributed by atoms with Gasteiger partial charge in [0.25, 0.3) is 5.91 Å². The van der Waals surface area contributed by atoms with Gasteiger partial charge in [-0.15, -0.1) is 11.3 Å². The topological polar surface area (TPSA) is 75.7 Å². The number of amides is 3. The zero-order chi connectivity index (χ0) is 15.7. The molecule has 6 nitrogen and oxygen atoms in total. The van der Waals surface area contributed by atoms with Crippen LogP contribution >= 0.6 is 11.3 Å². The molecule has 1 aromatic heterocycles. The van der Waals surface area contributed by atoms with Gasteiger partial charge in [-0.05, 0) is 24.4 Å². The number of thiophene rings is 1. The van der Waals surface area contributed by atoms with Gasteiger partial charge < -0.3 is 10.1 Å². The molecule has 2 aromatic rings. The number of carbonyl (C=O) groups excluding carboxylic acids is 3. The van der Waals surface area contributed by atoms with E-state index in [4.69, 9.17) is 4.74 Å². The number of fused-ring (bicyclic) bond motifs is 1. The smallest absolute Gasteiger partial charge is 0.349 e. The van der Waals surface area contributed by atoms with Gasteiger partial charge in [0.1, 0.15) is 4.88 Å². The lowest BCUT2D eigenvalue weighted by Crippen LogP contribution is -2.41. The zero-order valence-corrected chi connectivity index (χ0v) is 12.7. The van der Waals surface area contributed by atoms with Gasteiger partial charge >= 0.3 is 12.0 Å². The highest BCUT2D eigenvalue weighted by Crippen LogP contribution is 2.26. The fourth-order valence-electron chi connectivity index (χ4n) is 2.25. The molecule has 0 radical (unpaired) electrons. The highest BCUT2D eigenvalue weighted by atomic mass is 32.1. The monoisotopic (exact) mass is 318 g/mol. The summed E-state index contributed by atoms with van der Waals surface area (Å²) in [6, 6.07) is 8.90. The number of esters is 1. The van der Waals surface area contributed by atoms with Crippen LogP contribution in [0.2, 0.25) is 0 Å². The van der Waals surface area contributed by atoms with Crippen molar-refractivity contribution in [2.24, 2.45) is 0 Å². The van der Waals surface area contributed by atoms with Gasteiger partial charge in [0.05, 0.1) is 0 Å². The Balaban J connectivity index is 1.70. The molecule has 0 saturated carbocycles. The van der Waals surface area contributed by atoms with E-state index >= 15 is 0 Å². The molecule has 7 heteroatoms. The lowest BCUT2D eigenvalue weighted by atomic mass is 10.2. The van der Waals surface area contributed by atoms with E-state index in [-0.39, 0.29) is 0 Å².